The number of rotatable bonds is 7. The molecule has 0 bridgehead atoms. The number of carbonyl (C=O) groups excluding carboxylic acids is 1. The predicted molar refractivity (Wildman–Crippen MR) is 55.4 cm³/mol. The summed E-state index contributed by atoms with van der Waals surface area (Å²) >= 11 is 0. The molecule has 0 aromatic rings. The topological polar surface area (TPSA) is 55.1 Å². The summed E-state index contributed by atoms with van der Waals surface area (Å²) in [6, 6.07) is 0. The van der Waals surface area contributed by atoms with Crippen molar-refractivity contribution in [1.29, 1.82) is 0 Å². The molecule has 0 saturated carbocycles. The van der Waals surface area contributed by atoms with Gasteiger partial charge >= 0.3 is 0 Å². The van der Waals surface area contributed by atoms with Crippen molar-refractivity contribution < 1.29 is 4.79 Å². The van der Waals surface area contributed by atoms with Gasteiger partial charge in [0.05, 0.1) is 0 Å². The lowest BCUT2D eigenvalue weighted by atomic mass is 9.91. The highest BCUT2D eigenvalue weighted by Gasteiger charge is 2.24. The average molecular weight is 186 g/mol. The Hall–Kier alpha value is -0.570. The molecule has 78 valence electrons. The molecule has 0 aliphatic carbocycles. The molecule has 0 fully saturated rings. The highest BCUT2D eigenvalue weighted by molar-refractivity contribution is 5.75. The quantitative estimate of drug-likeness (QED) is 0.632. The Morgan fingerprint density at radius 1 is 1.38 bits per heavy atom. The summed E-state index contributed by atoms with van der Waals surface area (Å²) in [7, 11) is 0. The van der Waals surface area contributed by atoms with E-state index in [1.165, 1.54) is 0 Å². The van der Waals surface area contributed by atoms with Crippen LogP contribution in [-0.2, 0) is 4.79 Å². The third-order valence-corrected chi connectivity index (χ3v) is 2.17. The van der Waals surface area contributed by atoms with Crippen LogP contribution in [0.15, 0.2) is 0 Å². The van der Waals surface area contributed by atoms with Gasteiger partial charge in [-0.05, 0) is 26.3 Å². The summed E-state index contributed by atoms with van der Waals surface area (Å²) in [6.07, 6.45) is 3.58. The minimum atomic E-state index is -0.223. The van der Waals surface area contributed by atoms with Crippen molar-refractivity contribution in [2.75, 3.05) is 6.54 Å². The first-order chi connectivity index (χ1) is 6.04. The zero-order valence-electron chi connectivity index (χ0n) is 9.02. The summed E-state index contributed by atoms with van der Waals surface area (Å²) in [5, 5.41) is 3.38. The Morgan fingerprint density at radius 3 is 2.38 bits per heavy atom. The van der Waals surface area contributed by atoms with Crippen LogP contribution in [0.25, 0.3) is 0 Å². The number of nitrogens with one attached hydrogen (secondary N) is 1. The zero-order chi connectivity index (χ0) is 10.3. The van der Waals surface area contributed by atoms with E-state index in [4.69, 9.17) is 5.73 Å². The van der Waals surface area contributed by atoms with E-state index in [0.29, 0.717) is 6.42 Å². The zero-order valence-corrected chi connectivity index (χ0v) is 9.02. The van der Waals surface area contributed by atoms with E-state index in [9.17, 15) is 4.79 Å². The molecular formula is C10H22N2O. The molecule has 0 aromatic carbocycles. The maximum Gasteiger partial charge on any atom is 0.219 e. The van der Waals surface area contributed by atoms with Gasteiger partial charge in [0.15, 0.2) is 0 Å². The monoisotopic (exact) mass is 186 g/mol. The molecule has 1 atom stereocenters. The van der Waals surface area contributed by atoms with Crippen molar-refractivity contribution in [3.8, 4) is 0 Å². The minimum Gasteiger partial charge on any atom is -0.370 e. The Balaban J connectivity index is 4.06. The molecule has 0 rings (SSSR count). The van der Waals surface area contributed by atoms with Gasteiger partial charge in [0.2, 0.25) is 5.91 Å². The molecule has 0 aromatic heterocycles. The Bertz CT molecular complexity index is 159. The SMILES string of the molecule is CCCNC(C)(CCC)CC(N)=O. The first-order valence-corrected chi connectivity index (χ1v) is 5.07. The maximum atomic E-state index is 10.8. The van der Waals surface area contributed by atoms with Gasteiger partial charge in [-0.15, -0.1) is 0 Å². The van der Waals surface area contributed by atoms with Crippen LogP contribution in [-0.4, -0.2) is 18.0 Å². The summed E-state index contributed by atoms with van der Waals surface area (Å²) in [6.45, 7) is 7.25. The van der Waals surface area contributed by atoms with E-state index >= 15 is 0 Å². The smallest absolute Gasteiger partial charge is 0.219 e. The van der Waals surface area contributed by atoms with Gasteiger partial charge in [0.25, 0.3) is 0 Å². The second-order valence-corrected chi connectivity index (χ2v) is 3.88. The van der Waals surface area contributed by atoms with Crippen LogP contribution in [0, 0.1) is 0 Å². The van der Waals surface area contributed by atoms with Gasteiger partial charge < -0.3 is 11.1 Å². The highest BCUT2D eigenvalue weighted by Crippen LogP contribution is 2.16. The number of primary amides is 1. The van der Waals surface area contributed by atoms with Crippen molar-refractivity contribution >= 4 is 5.91 Å². The third-order valence-electron chi connectivity index (χ3n) is 2.17. The van der Waals surface area contributed by atoms with Crippen LogP contribution in [0.2, 0.25) is 0 Å². The van der Waals surface area contributed by atoms with E-state index in [0.717, 1.165) is 25.8 Å². The Morgan fingerprint density at radius 2 is 2.00 bits per heavy atom. The molecule has 0 saturated heterocycles. The number of amides is 1. The summed E-state index contributed by atoms with van der Waals surface area (Å²) in [5.41, 5.74) is 5.10. The van der Waals surface area contributed by atoms with Gasteiger partial charge in [0.1, 0.15) is 0 Å². The van der Waals surface area contributed by atoms with E-state index in [1.807, 2.05) is 0 Å². The van der Waals surface area contributed by atoms with Gasteiger partial charge in [-0.25, -0.2) is 0 Å². The molecule has 1 unspecified atom stereocenters. The first-order valence-electron chi connectivity index (χ1n) is 5.07. The lowest BCUT2D eigenvalue weighted by Crippen LogP contribution is -2.45. The predicted octanol–water partition coefficient (Wildman–Crippen LogP) is 1.42. The normalized spacial score (nSPS) is 15.3. The Kier molecular flexibility index (Phi) is 5.71. The fourth-order valence-corrected chi connectivity index (χ4v) is 1.60. The molecule has 0 aliphatic heterocycles. The fourth-order valence-electron chi connectivity index (χ4n) is 1.60. The average Bonchev–Trinajstić information content (AvgIpc) is 2.00. The van der Waals surface area contributed by atoms with Gasteiger partial charge in [-0.2, -0.15) is 0 Å². The number of carbonyl (C=O) groups is 1. The molecule has 0 radical (unpaired) electrons. The van der Waals surface area contributed by atoms with Crippen molar-refractivity contribution in [3.63, 3.8) is 0 Å². The van der Waals surface area contributed by atoms with E-state index in [2.05, 4.69) is 26.1 Å². The van der Waals surface area contributed by atoms with E-state index < -0.39 is 0 Å². The second kappa shape index (κ2) is 5.97. The molecular weight excluding hydrogens is 164 g/mol. The molecule has 0 heterocycles. The van der Waals surface area contributed by atoms with Gasteiger partial charge in [-0.1, -0.05) is 20.3 Å². The first kappa shape index (κ1) is 12.4. The molecule has 3 heteroatoms. The molecule has 1 amide bonds. The molecule has 0 spiro atoms. The minimum absolute atomic E-state index is 0.101. The number of nitrogens with two attached hydrogens (primary N) is 1. The molecule has 0 aliphatic rings. The highest BCUT2D eigenvalue weighted by atomic mass is 16.1. The maximum absolute atomic E-state index is 10.8. The largest absolute Gasteiger partial charge is 0.370 e. The second-order valence-electron chi connectivity index (χ2n) is 3.88. The van der Waals surface area contributed by atoms with Crippen molar-refractivity contribution in [1.82, 2.24) is 5.32 Å². The number of hydrogen-bond donors (Lipinski definition) is 2. The number of hydrogen-bond acceptors (Lipinski definition) is 2. The summed E-state index contributed by atoms with van der Waals surface area (Å²) in [4.78, 5) is 10.8. The van der Waals surface area contributed by atoms with E-state index in [1.54, 1.807) is 0 Å². The van der Waals surface area contributed by atoms with Crippen LogP contribution in [0.3, 0.4) is 0 Å². The lowest BCUT2D eigenvalue weighted by Gasteiger charge is -2.29. The van der Waals surface area contributed by atoms with Crippen LogP contribution in [0.1, 0.15) is 46.5 Å². The molecule has 13 heavy (non-hydrogen) atoms. The fraction of sp³-hybridized carbons (Fsp3) is 0.900. The summed E-state index contributed by atoms with van der Waals surface area (Å²) in [5.74, 6) is -0.223. The van der Waals surface area contributed by atoms with Gasteiger partial charge in [0, 0.05) is 12.0 Å². The molecule has 3 nitrogen and oxygen atoms in total. The lowest BCUT2D eigenvalue weighted by molar-refractivity contribution is -0.119. The van der Waals surface area contributed by atoms with E-state index in [-0.39, 0.29) is 11.4 Å². The van der Waals surface area contributed by atoms with Crippen LogP contribution < -0.4 is 11.1 Å². The van der Waals surface area contributed by atoms with Crippen LogP contribution >= 0.6 is 0 Å². The van der Waals surface area contributed by atoms with Crippen LogP contribution in [0.5, 0.6) is 0 Å². The third kappa shape index (κ3) is 5.64. The van der Waals surface area contributed by atoms with Crippen molar-refractivity contribution in [3.05, 3.63) is 0 Å². The summed E-state index contributed by atoms with van der Waals surface area (Å²) < 4.78 is 0. The van der Waals surface area contributed by atoms with Crippen molar-refractivity contribution in [2.24, 2.45) is 5.73 Å². The Labute approximate surface area is 81.1 Å². The van der Waals surface area contributed by atoms with Gasteiger partial charge in [-0.3, -0.25) is 4.79 Å². The standard InChI is InChI=1S/C10H22N2O/c1-4-6-10(3,8-9(11)13)12-7-5-2/h12H,4-8H2,1-3H3,(H2,11,13). The molecule has 3 N–H and O–H groups in total. The van der Waals surface area contributed by atoms with Crippen LogP contribution in [0.4, 0.5) is 0 Å². The van der Waals surface area contributed by atoms with Crippen molar-refractivity contribution in [2.45, 2.75) is 52.0 Å².